The van der Waals surface area contributed by atoms with E-state index in [-0.39, 0.29) is 0 Å². The van der Waals surface area contributed by atoms with Gasteiger partial charge in [-0.2, -0.15) is 0 Å². The molecule has 0 radical (unpaired) electrons. The average Bonchev–Trinajstić information content (AvgIpc) is 2.33. The lowest BCUT2D eigenvalue weighted by atomic mass is 10.2. The van der Waals surface area contributed by atoms with Crippen molar-refractivity contribution in [2.24, 2.45) is 0 Å². The summed E-state index contributed by atoms with van der Waals surface area (Å²) in [7, 11) is 0. The summed E-state index contributed by atoms with van der Waals surface area (Å²) in [4.78, 5) is 1.63. The predicted molar refractivity (Wildman–Crippen MR) is 46.4 cm³/mol. The van der Waals surface area contributed by atoms with E-state index < -0.39 is 0 Å². The highest BCUT2D eigenvalue weighted by Crippen LogP contribution is 2.07. The van der Waals surface area contributed by atoms with E-state index in [4.69, 9.17) is 0 Å². The Kier molecular flexibility index (Phi) is 2.62. The van der Waals surface area contributed by atoms with Crippen LogP contribution in [0.3, 0.4) is 0 Å². The van der Waals surface area contributed by atoms with E-state index in [0.29, 0.717) is 12.0 Å². The second-order valence-electron chi connectivity index (χ2n) is 3.39. The lowest BCUT2D eigenvalue weighted by Crippen LogP contribution is -2.25. The fourth-order valence-electron chi connectivity index (χ4n) is 0.891. The first-order valence-corrected chi connectivity index (χ1v) is 4.16. The van der Waals surface area contributed by atoms with Gasteiger partial charge in [-0.25, -0.2) is 0 Å². The smallest absolute Gasteiger partial charge is 0.176 e. The minimum atomic E-state index is 0.339. The molecule has 0 aromatic carbocycles. The van der Waals surface area contributed by atoms with Crippen LogP contribution in [0.15, 0.2) is 0 Å². The summed E-state index contributed by atoms with van der Waals surface area (Å²) in [5.74, 6) is 1.20. The molecule has 68 valence electrons. The van der Waals surface area contributed by atoms with Gasteiger partial charge in [0.25, 0.3) is 0 Å². The Morgan fingerprint density at radius 1 is 1.25 bits per heavy atom. The highest BCUT2D eigenvalue weighted by molar-refractivity contribution is 4.91. The van der Waals surface area contributed by atoms with Crippen LogP contribution in [-0.2, 0) is 0 Å². The molecule has 0 bridgehead atoms. The summed E-state index contributed by atoms with van der Waals surface area (Å²) in [6.07, 6.45) is 0. The van der Waals surface area contributed by atoms with Gasteiger partial charge in [-0.05, 0) is 24.3 Å². The molecule has 0 amide bonds. The molecule has 0 aliphatic rings. The molecule has 1 aromatic heterocycles. The Morgan fingerprint density at radius 3 is 2.42 bits per heavy atom. The molecular formula is C7H15N5. The molecule has 0 atom stereocenters. The van der Waals surface area contributed by atoms with E-state index in [0.717, 1.165) is 5.82 Å². The fraction of sp³-hybridized carbons (Fsp3) is 0.857. The Hall–Kier alpha value is -1.13. The molecule has 1 heterocycles. The van der Waals surface area contributed by atoms with Gasteiger partial charge < -0.3 is 5.43 Å². The van der Waals surface area contributed by atoms with Gasteiger partial charge in [0.2, 0.25) is 0 Å². The third-order valence-electron chi connectivity index (χ3n) is 1.39. The van der Waals surface area contributed by atoms with Gasteiger partial charge in [0.05, 0.1) is 0 Å². The molecule has 1 N–H and O–H groups in total. The minimum absolute atomic E-state index is 0.339. The van der Waals surface area contributed by atoms with Crippen molar-refractivity contribution in [1.29, 1.82) is 0 Å². The van der Waals surface area contributed by atoms with Crippen LogP contribution in [0.25, 0.3) is 0 Å². The van der Waals surface area contributed by atoms with Crippen LogP contribution in [0, 0.1) is 0 Å². The zero-order chi connectivity index (χ0) is 9.14. The van der Waals surface area contributed by atoms with E-state index in [1.165, 1.54) is 0 Å². The molecule has 0 aliphatic carbocycles. The number of tetrazole rings is 1. The SMILES string of the molecule is CC(C)Nn1nnnc1C(C)C. The molecule has 5 heteroatoms. The molecular weight excluding hydrogens is 154 g/mol. The Labute approximate surface area is 72.1 Å². The van der Waals surface area contributed by atoms with E-state index in [1.54, 1.807) is 4.79 Å². The second kappa shape index (κ2) is 3.51. The van der Waals surface area contributed by atoms with Crippen LogP contribution >= 0.6 is 0 Å². The molecule has 5 nitrogen and oxygen atoms in total. The van der Waals surface area contributed by atoms with Gasteiger partial charge in [-0.3, -0.25) is 0 Å². The topological polar surface area (TPSA) is 55.6 Å². The van der Waals surface area contributed by atoms with Crippen molar-refractivity contribution in [2.45, 2.75) is 39.7 Å². The van der Waals surface area contributed by atoms with Gasteiger partial charge in [-0.15, -0.1) is 9.89 Å². The Morgan fingerprint density at radius 2 is 1.92 bits per heavy atom. The summed E-state index contributed by atoms with van der Waals surface area (Å²) in [5, 5.41) is 11.3. The van der Waals surface area contributed by atoms with Crippen LogP contribution < -0.4 is 5.43 Å². The second-order valence-corrected chi connectivity index (χ2v) is 3.39. The number of nitrogens with one attached hydrogen (secondary N) is 1. The molecule has 1 aromatic rings. The summed E-state index contributed by atoms with van der Waals surface area (Å²) in [5.41, 5.74) is 3.12. The quantitative estimate of drug-likeness (QED) is 0.725. The maximum Gasteiger partial charge on any atom is 0.176 e. The number of nitrogens with zero attached hydrogens (tertiary/aromatic N) is 4. The Balaban J connectivity index is 2.77. The first-order chi connectivity index (χ1) is 5.61. The predicted octanol–water partition coefficient (Wildman–Crippen LogP) is 0.748. The largest absolute Gasteiger partial charge is 0.304 e. The van der Waals surface area contributed by atoms with Crippen molar-refractivity contribution in [2.75, 3.05) is 5.43 Å². The van der Waals surface area contributed by atoms with Gasteiger partial charge in [0, 0.05) is 12.0 Å². The standard InChI is InChI=1S/C7H15N5/c1-5(2)7-8-10-11-12(7)9-6(3)4/h5-6,9H,1-4H3. The number of rotatable bonds is 3. The monoisotopic (exact) mass is 169 g/mol. The number of hydrogen-bond donors (Lipinski definition) is 1. The van der Waals surface area contributed by atoms with E-state index >= 15 is 0 Å². The van der Waals surface area contributed by atoms with E-state index in [9.17, 15) is 0 Å². The van der Waals surface area contributed by atoms with Gasteiger partial charge in [0.1, 0.15) is 0 Å². The molecule has 12 heavy (non-hydrogen) atoms. The lowest BCUT2D eigenvalue weighted by Gasteiger charge is -2.11. The first-order valence-electron chi connectivity index (χ1n) is 4.16. The molecule has 0 aliphatic heterocycles. The highest BCUT2D eigenvalue weighted by atomic mass is 15.7. The zero-order valence-corrected chi connectivity index (χ0v) is 7.94. The van der Waals surface area contributed by atoms with Crippen LogP contribution in [0.5, 0.6) is 0 Å². The maximum atomic E-state index is 3.91. The average molecular weight is 169 g/mol. The van der Waals surface area contributed by atoms with E-state index in [2.05, 4.69) is 34.8 Å². The highest BCUT2D eigenvalue weighted by Gasteiger charge is 2.09. The number of aromatic nitrogens is 4. The zero-order valence-electron chi connectivity index (χ0n) is 7.94. The molecule has 1 rings (SSSR count). The maximum absolute atomic E-state index is 3.91. The summed E-state index contributed by atoms with van der Waals surface area (Å²) < 4.78 is 0. The van der Waals surface area contributed by atoms with Crippen molar-refractivity contribution < 1.29 is 0 Å². The van der Waals surface area contributed by atoms with Gasteiger partial charge in [-0.1, -0.05) is 13.8 Å². The van der Waals surface area contributed by atoms with Gasteiger partial charge in [0.15, 0.2) is 5.82 Å². The minimum Gasteiger partial charge on any atom is -0.304 e. The summed E-state index contributed by atoms with van der Waals surface area (Å²) in [6.45, 7) is 8.21. The van der Waals surface area contributed by atoms with Crippen molar-refractivity contribution in [3.63, 3.8) is 0 Å². The van der Waals surface area contributed by atoms with Crippen molar-refractivity contribution >= 4 is 0 Å². The molecule has 0 saturated carbocycles. The summed E-state index contributed by atoms with van der Waals surface area (Å²) in [6, 6.07) is 0.339. The van der Waals surface area contributed by atoms with Crippen molar-refractivity contribution in [3.8, 4) is 0 Å². The number of hydrogen-bond acceptors (Lipinski definition) is 4. The normalized spacial score (nSPS) is 11.2. The summed E-state index contributed by atoms with van der Waals surface area (Å²) >= 11 is 0. The van der Waals surface area contributed by atoms with Crippen LogP contribution in [0.2, 0.25) is 0 Å². The Bertz CT molecular complexity index is 240. The third kappa shape index (κ3) is 1.93. The van der Waals surface area contributed by atoms with Crippen LogP contribution in [-0.4, -0.2) is 26.4 Å². The van der Waals surface area contributed by atoms with Crippen LogP contribution in [0.1, 0.15) is 39.4 Å². The first kappa shape index (κ1) is 8.96. The van der Waals surface area contributed by atoms with Gasteiger partial charge >= 0.3 is 0 Å². The molecule has 0 saturated heterocycles. The van der Waals surface area contributed by atoms with Crippen molar-refractivity contribution in [3.05, 3.63) is 5.82 Å². The molecule has 0 spiro atoms. The third-order valence-corrected chi connectivity index (χ3v) is 1.39. The van der Waals surface area contributed by atoms with E-state index in [1.807, 2.05) is 13.8 Å². The van der Waals surface area contributed by atoms with Crippen molar-refractivity contribution in [1.82, 2.24) is 20.3 Å². The fourth-order valence-corrected chi connectivity index (χ4v) is 0.891. The molecule has 0 fully saturated rings. The molecule has 0 unspecified atom stereocenters. The lowest BCUT2D eigenvalue weighted by molar-refractivity contribution is 0.598. The van der Waals surface area contributed by atoms with Crippen LogP contribution in [0.4, 0.5) is 0 Å².